The Bertz CT molecular complexity index is 432. The summed E-state index contributed by atoms with van der Waals surface area (Å²) in [6, 6.07) is 7.11. The Morgan fingerprint density at radius 3 is 2.60 bits per heavy atom. The molecule has 2 rings (SSSR count). The first kappa shape index (κ1) is 9.73. The van der Waals surface area contributed by atoms with Crippen molar-refractivity contribution in [3.8, 4) is 11.6 Å². The number of nitrogens with two attached hydrogens (primary N) is 1. The molecule has 2 aromatic rings. The summed E-state index contributed by atoms with van der Waals surface area (Å²) in [4.78, 5) is 7.78. The fourth-order valence-electron chi connectivity index (χ4n) is 1.05. The lowest BCUT2D eigenvalue weighted by Crippen LogP contribution is -1.94. The van der Waals surface area contributed by atoms with Gasteiger partial charge in [-0.1, -0.05) is 23.7 Å². The minimum Gasteiger partial charge on any atom is -0.434 e. The van der Waals surface area contributed by atoms with Gasteiger partial charge in [0.15, 0.2) is 10.9 Å². The highest BCUT2D eigenvalue weighted by Gasteiger charge is 2.06. The summed E-state index contributed by atoms with van der Waals surface area (Å²) in [5.41, 5.74) is 6.23. The van der Waals surface area contributed by atoms with Gasteiger partial charge in [-0.15, -0.1) is 0 Å². The number of halogens is 1. The molecule has 1 aromatic heterocycles. The van der Waals surface area contributed by atoms with Gasteiger partial charge in [0.2, 0.25) is 0 Å². The molecule has 1 aromatic carbocycles. The maximum absolute atomic E-state index is 5.79. The molecular weight excluding hydrogens is 214 g/mol. The molecule has 0 unspecified atom stereocenters. The predicted molar refractivity (Wildman–Crippen MR) is 58.0 cm³/mol. The van der Waals surface area contributed by atoms with Gasteiger partial charge in [0.25, 0.3) is 5.88 Å². The number of hydrogen-bond acceptors (Lipinski definition) is 4. The number of para-hydroxylation sites is 2. The largest absolute Gasteiger partial charge is 0.434 e. The average molecular weight is 222 g/mol. The highest BCUT2D eigenvalue weighted by Crippen LogP contribution is 2.28. The van der Waals surface area contributed by atoms with Crippen LogP contribution >= 0.6 is 11.6 Å². The summed E-state index contributed by atoms with van der Waals surface area (Å²) in [6.07, 6.45) is 2.99. The zero-order chi connectivity index (χ0) is 10.7. The molecule has 15 heavy (non-hydrogen) atoms. The minimum atomic E-state index is 0.209. The van der Waals surface area contributed by atoms with Crippen molar-refractivity contribution < 1.29 is 4.74 Å². The highest BCUT2D eigenvalue weighted by atomic mass is 35.5. The zero-order valence-electron chi connectivity index (χ0n) is 7.72. The van der Waals surface area contributed by atoms with Gasteiger partial charge in [0.05, 0.1) is 5.69 Å². The van der Waals surface area contributed by atoms with Crippen molar-refractivity contribution in [3.63, 3.8) is 0 Å². The molecule has 0 spiro atoms. The van der Waals surface area contributed by atoms with Gasteiger partial charge in [0.1, 0.15) is 0 Å². The van der Waals surface area contributed by atoms with Gasteiger partial charge in [-0.25, -0.2) is 9.97 Å². The average Bonchev–Trinajstić information content (AvgIpc) is 2.24. The van der Waals surface area contributed by atoms with Crippen LogP contribution in [-0.4, -0.2) is 9.97 Å². The van der Waals surface area contributed by atoms with E-state index in [9.17, 15) is 0 Å². The molecular formula is C10H8ClN3O. The molecule has 0 saturated heterocycles. The van der Waals surface area contributed by atoms with Crippen LogP contribution in [-0.2, 0) is 0 Å². The van der Waals surface area contributed by atoms with Crippen molar-refractivity contribution in [1.82, 2.24) is 9.97 Å². The lowest BCUT2D eigenvalue weighted by Gasteiger charge is -2.07. The van der Waals surface area contributed by atoms with E-state index in [1.807, 2.05) is 12.1 Å². The van der Waals surface area contributed by atoms with Crippen molar-refractivity contribution in [3.05, 3.63) is 41.8 Å². The number of nitrogens with zero attached hydrogens (tertiary/aromatic N) is 2. The van der Waals surface area contributed by atoms with Gasteiger partial charge >= 0.3 is 0 Å². The zero-order valence-corrected chi connectivity index (χ0v) is 8.48. The van der Waals surface area contributed by atoms with E-state index < -0.39 is 0 Å². The number of rotatable bonds is 2. The fourth-order valence-corrected chi connectivity index (χ4v) is 1.20. The normalized spacial score (nSPS) is 9.93. The van der Waals surface area contributed by atoms with Crippen molar-refractivity contribution in [2.75, 3.05) is 5.73 Å². The number of hydrogen-bond donors (Lipinski definition) is 1. The molecule has 0 bridgehead atoms. The van der Waals surface area contributed by atoms with Gasteiger partial charge in [0, 0.05) is 12.4 Å². The van der Waals surface area contributed by atoms with E-state index in [0.717, 1.165) is 0 Å². The number of anilines is 1. The first-order chi connectivity index (χ1) is 7.27. The van der Waals surface area contributed by atoms with E-state index in [0.29, 0.717) is 11.4 Å². The van der Waals surface area contributed by atoms with Gasteiger partial charge in [-0.2, -0.15) is 0 Å². The molecule has 5 heteroatoms. The number of aromatic nitrogens is 2. The first-order valence-electron chi connectivity index (χ1n) is 4.26. The summed E-state index contributed by atoms with van der Waals surface area (Å²) in [7, 11) is 0. The third-order valence-corrected chi connectivity index (χ3v) is 2.01. The molecule has 1 heterocycles. The van der Waals surface area contributed by atoms with Crippen LogP contribution in [0, 0.1) is 0 Å². The minimum absolute atomic E-state index is 0.209. The second kappa shape index (κ2) is 4.14. The Morgan fingerprint density at radius 2 is 1.87 bits per heavy atom. The first-order valence-corrected chi connectivity index (χ1v) is 4.64. The molecule has 2 N–H and O–H groups in total. The SMILES string of the molecule is Nc1ccccc1Oc1nccnc1Cl. The lowest BCUT2D eigenvalue weighted by atomic mass is 10.3. The summed E-state index contributed by atoms with van der Waals surface area (Å²) >= 11 is 5.79. The second-order valence-electron chi connectivity index (χ2n) is 2.79. The van der Waals surface area contributed by atoms with Crippen LogP contribution in [0.3, 0.4) is 0 Å². The molecule has 0 aliphatic heterocycles. The van der Waals surface area contributed by atoms with Crippen LogP contribution in [0.4, 0.5) is 5.69 Å². The van der Waals surface area contributed by atoms with Crippen LogP contribution in [0.5, 0.6) is 11.6 Å². The van der Waals surface area contributed by atoms with Crippen molar-refractivity contribution in [2.45, 2.75) is 0 Å². The van der Waals surface area contributed by atoms with Gasteiger partial charge in [-0.3, -0.25) is 0 Å². The van der Waals surface area contributed by atoms with E-state index in [4.69, 9.17) is 22.1 Å². The Morgan fingerprint density at radius 1 is 1.13 bits per heavy atom. The molecule has 0 fully saturated rings. The van der Waals surface area contributed by atoms with Crippen LogP contribution in [0.1, 0.15) is 0 Å². The Hall–Kier alpha value is -1.81. The highest BCUT2D eigenvalue weighted by molar-refractivity contribution is 6.30. The topological polar surface area (TPSA) is 61.0 Å². The van der Waals surface area contributed by atoms with Gasteiger partial charge < -0.3 is 10.5 Å². The molecule has 0 saturated carbocycles. The Labute approximate surface area is 91.7 Å². The summed E-state index contributed by atoms with van der Waals surface area (Å²) in [5.74, 6) is 0.761. The fraction of sp³-hybridized carbons (Fsp3) is 0. The van der Waals surface area contributed by atoms with Crippen LogP contribution in [0.15, 0.2) is 36.7 Å². The molecule has 0 amide bonds. The Balaban J connectivity index is 2.30. The lowest BCUT2D eigenvalue weighted by molar-refractivity contribution is 0.462. The number of nitrogen functional groups attached to an aromatic ring is 1. The van der Waals surface area contributed by atoms with E-state index in [1.165, 1.54) is 12.4 Å². The predicted octanol–water partition coefficient (Wildman–Crippen LogP) is 2.50. The molecule has 0 aliphatic rings. The van der Waals surface area contributed by atoms with Crippen LogP contribution in [0.25, 0.3) is 0 Å². The molecule has 0 atom stereocenters. The molecule has 76 valence electrons. The third-order valence-electron chi connectivity index (χ3n) is 1.75. The second-order valence-corrected chi connectivity index (χ2v) is 3.15. The number of benzene rings is 1. The van der Waals surface area contributed by atoms with E-state index in [2.05, 4.69) is 9.97 Å². The molecule has 0 aliphatic carbocycles. The van der Waals surface area contributed by atoms with Crippen molar-refractivity contribution in [2.24, 2.45) is 0 Å². The quantitative estimate of drug-likeness (QED) is 0.792. The maximum atomic E-state index is 5.79. The van der Waals surface area contributed by atoms with E-state index in [1.54, 1.807) is 12.1 Å². The standard InChI is InChI=1S/C10H8ClN3O/c11-9-10(14-6-5-13-9)15-8-4-2-1-3-7(8)12/h1-6H,12H2. The summed E-state index contributed by atoms with van der Waals surface area (Å²) in [5, 5.41) is 0.209. The van der Waals surface area contributed by atoms with Gasteiger partial charge in [-0.05, 0) is 12.1 Å². The van der Waals surface area contributed by atoms with Crippen molar-refractivity contribution in [1.29, 1.82) is 0 Å². The van der Waals surface area contributed by atoms with E-state index in [-0.39, 0.29) is 11.0 Å². The van der Waals surface area contributed by atoms with Crippen LogP contribution in [0.2, 0.25) is 5.15 Å². The van der Waals surface area contributed by atoms with Crippen molar-refractivity contribution >= 4 is 17.3 Å². The summed E-state index contributed by atoms with van der Waals surface area (Å²) in [6.45, 7) is 0. The third kappa shape index (κ3) is 2.16. The Kier molecular flexibility index (Phi) is 2.69. The monoisotopic (exact) mass is 221 g/mol. The summed E-state index contributed by atoms with van der Waals surface area (Å²) < 4.78 is 5.41. The number of ether oxygens (including phenoxy) is 1. The van der Waals surface area contributed by atoms with Crippen LogP contribution < -0.4 is 10.5 Å². The molecule has 4 nitrogen and oxygen atoms in total. The van der Waals surface area contributed by atoms with E-state index >= 15 is 0 Å². The maximum Gasteiger partial charge on any atom is 0.257 e. The smallest absolute Gasteiger partial charge is 0.257 e. The molecule has 0 radical (unpaired) electrons.